The van der Waals surface area contributed by atoms with E-state index in [-0.39, 0.29) is 18.0 Å². The average molecular weight is 280 g/mol. The highest BCUT2D eigenvalue weighted by Crippen LogP contribution is 2.52. The third kappa shape index (κ3) is 2.56. The molecular formula is C16H24O4. The highest BCUT2D eigenvalue weighted by atomic mass is 16.4. The van der Waals surface area contributed by atoms with Gasteiger partial charge in [0.15, 0.2) is 11.6 Å². The molecule has 2 atom stereocenters. The molecule has 0 fully saturated rings. The molecule has 1 N–H and O–H groups in total. The monoisotopic (exact) mass is 280 g/mol. The number of hydrogen-bond donors (Lipinski definition) is 1. The standard InChI is InChI=1S/C16H24O4/c1-6-7-11-14(20)10(2)8-12(17)16(11,5)15(3,4)9-13(18)19/h8,11H,6-7,9H2,1-5H3,(H,18,19). The van der Waals surface area contributed by atoms with Gasteiger partial charge in [-0.2, -0.15) is 0 Å². The molecule has 0 bridgehead atoms. The van der Waals surface area contributed by atoms with Gasteiger partial charge in [-0.25, -0.2) is 0 Å². The van der Waals surface area contributed by atoms with E-state index in [0.717, 1.165) is 6.42 Å². The highest BCUT2D eigenvalue weighted by molar-refractivity contribution is 6.12. The zero-order valence-electron chi connectivity index (χ0n) is 12.9. The predicted octanol–water partition coefficient (Wildman–Crippen LogP) is 3.01. The molecule has 0 spiro atoms. The van der Waals surface area contributed by atoms with E-state index in [4.69, 9.17) is 5.11 Å². The van der Waals surface area contributed by atoms with Gasteiger partial charge in [-0.15, -0.1) is 0 Å². The first kappa shape index (κ1) is 16.6. The van der Waals surface area contributed by atoms with Gasteiger partial charge in [-0.1, -0.05) is 34.1 Å². The van der Waals surface area contributed by atoms with Crippen LogP contribution in [-0.2, 0) is 14.4 Å². The van der Waals surface area contributed by atoms with Crippen molar-refractivity contribution in [1.82, 2.24) is 0 Å². The van der Waals surface area contributed by atoms with Crippen molar-refractivity contribution in [2.75, 3.05) is 0 Å². The molecular weight excluding hydrogens is 256 g/mol. The summed E-state index contributed by atoms with van der Waals surface area (Å²) in [5.74, 6) is -1.52. The van der Waals surface area contributed by atoms with Crippen molar-refractivity contribution in [3.8, 4) is 0 Å². The maximum absolute atomic E-state index is 12.6. The quantitative estimate of drug-likeness (QED) is 0.840. The fraction of sp³-hybridized carbons (Fsp3) is 0.688. The second kappa shape index (κ2) is 5.51. The Labute approximate surface area is 120 Å². The van der Waals surface area contributed by atoms with E-state index < -0.39 is 22.7 Å². The number of carboxylic acid groups (broad SMARTS) is 1. The maximum atomic E-state index is 12.6. The van der Waals surface area contributed by atoms with Gasteiger partial charge < -0.3 is 5.11 Å². The first-order valence-electron chi connectivity index (χ1n) is 7.06. The third-order valence-electron chi connectivity index (χ3n) is 4.84. The highest BCUT2D eigenvalue weighted by Gasteiger charge is 2.55. The molecule has 0 aromatic carbocycles. The van der Waals surface area contributed by atoms with Gasteiger partial charge in [0.25, 0.3) is 0 Å². The lowest BCUT2D eigenvalue weighted by molar-refractivity contribution is -0.152. The van der Waals surface area contributed by atoms with Gasteiger partial charge in [0.2, 0.25) is 0 Å². The normalized spacial score (nSPS) is 27.4. The number of carbonyl (C=O) groups is 3. The lowest BCUT2D eigenvalue weighted by atomic mass is 9.52. The molecule has 20 heavy (non-hydrogen) atoms. The topological polar surface area (TPSA) is 71.4 Å². The summed E-state index contributed by atoms with van der Waals surface area (Å²) in [5, 5.41) is 9.10. The minimum absolute atomic E-state index is 0.0209. The summed E-state index contributed by atoms with van der Waals surface area (Å²) < 4.78 is 0. The molecule has 1 aliphatic carbocycles. The molecule has 2 unspecified atom stereocenters. The van der Waals surface area contributed by atoms with Crippen molar-refractivity contribution >= 4 is 17.5 Å². The second-order valence-electron chi connectivity index (χ2n) is 6.55. The van der Waals surface area contributed by atoms with Crippen molar-refractivity contribution in [2.45, 2.75) is 53.9 Å². The Morgan fingerprint density at radius 2 is 1.95 bits per heavy atom. The summed E-state index contributed by atoms with van der Waals surface area (Å²) >= 11 is 0. The number of hydrogen-bond acceptors (Lipinski definition) is 3. The lowest BCUT2D eigenvalue weighted by Crippen LogP contribution is -2.53. The number of ketones is 2. The van der Waals surface area contributed by atoms with Crippen LogP contribution in [0, 0.1) is 16.7 Å². The van der Waals surface area contributed by atoms with Crippen LogP contribution in [0.15, 0.2) is 11.6 Å². The molecule has 1 aliphatic rings. The first-order chi connectivity index (χ1) is 9.07. The molecule has 0 aromatic heterocycles. The Bertz CT molecular complexity index is 473. The Morgan fingerprint density at radius 1 is 1.40 bits per heavy atom. The molecule has 0 saturated heterocycles. The number of carbonyl (C=O) groups excluding carboxylic acids is 2. The van der Waals surface area contributed by atoms with Crippen LogP contribution in [0.5, 0.6) is 0 Å². The van der Waals surface area contributed by atoms with Gasteiger partial charge >= 0.3 is 5.97 Å². The molecule has 1 rings (SSSR count). The van der Waals surface area contributed by atoms with E-state index in [0.29, 0.717) is 12.0 Å². The van der Waals surface area contributed by atoms with E-state index >= 15 is 0 Å². The van der Waals surface area contributed by atoms with E-state index in [1.54, 1.807) is 27.7 Å². The largest absolute Gasteiger partial charge is 0.481 e. The van der Waals surface area contributed by atoms with E-state index in [1.165, 1.54) is 6.08 Å². The molecule has 0 aliphatic heterocycles. The molecule has 0 aromatic rings. The zero-order chi connectivity index (χ0) is 15.7. The van der Waals surface area contributed by atoms with Gasteiger partial charge in [-0.05, 0) is 30.4 Å². The van der Waals surface area contributed by atoms with Crippen LogP contribution in [0.3, 0.4) is 0 Å². The predicted molar refractivity (Wildman–Crippen MR) is 76.3 cm³/mol. The van der Waals surface area contributed by atoms with Gasteiger partial charge in [0.1, 0.15) is 0 Å². The number of carboxylic acids is 1. The second-order valence-corrected chi connectivity index (χ2v) is 6.55. The van der Waals surface area contributed by atoms with Crippen molar-refractivity contribution in [1.29, 1.82) is 0 Å². The molecule has 0 amide bonds. The first-order valence-corrected chi connectivity index (χ1v) is 7.06. The molecule has 4 heteroatoms. The minimum Gasteiger partial charge on any atom is -0.481 e. The molecule has 0 radical (unpaired) electrons. The van der Waals surface area contributed by atoms with Crippen molar-refractivity contribution in [2.24, 2.45) is 16.7 Å². The minimum atomic E-state index is -0.960. The van der Waals surface area contributed by atoms with E-state index in [1.807, 2.05) is 6.92 Å². The SMILES string of the molecule is CCCC1C(=O)C(C)=CC(=O)C1(C)C(C)(C)CC(=O)O. The zero-order valence-corrected chi connectivity index (χ0v) is 12.9. The molecule has 4 nitrogen and oxygen atoms in total. The fourth-order valence-electron chi connectivity index (χ4n) is 3.20. The third-order valence-corrected chi connectivity index (χ3v) is 4.84. The van der Waals surface area contributed by atoms with Crippen molar-refractivity contribution < 1.29 is 19.5 Å². The number of aliphatic carboxylic acids is 1. The van der Waals surface area contributed by atoms with Crippen LogP contribution in [-0.4, -0.2) is 22.6 Å². The van der Waals surface area contributed by atoms with Crippen molar-refractivity contribution in [3.63, 3.8) is 0 Å². The summed E-state index contributed by atoms with van der Waals surface area (Å²) in [6.07, 6.45) is 2.65. The van der Waals surface area contributed by atoms with Gasteiger partial charge in [0.05, 0.1) is 6.42 Å². The van der Waals surface area contributed by atoms with E-state index in [2.05, 4.69) is 0 Å². The van der Waals surface area contributed by atoms with Crippen molar-refractivity contribution in [3.05, 3.63) is 11.6 Å². The molecule has 112 valence electrons. The van der Waals surface area contributed by atoms with Gasteiger partial charge in [0, 0.05) is 11.3 Å². The summed E-state index contributed by atoms with van der Waals surface area (Å²) in [5.41, 5.74) is -1.25. The Hall–Kier alpha value is -1.45. The Balaban J connectivity index is 3.38. The average Bonchev–Trinajstić information content (AvgIpc) is 2.30. The smallest absolute Gasteiger partial charge is 0.303 e. The van der Waals surface area contributed by atoms with Crippen LogP contribution in [0.1, 0.15) is 53.9 Å². The van der Waals surface area contributed by atoms with Crippen LogP contribution in [0.2, 0.25) is 0 Å². The van der Waals surface area contributed by atoms with E-state index in [9.17, 15) is 14.4 Å². The number of allylic oxidation sites excluding steroid dienone is 2. The summed E-state index contributed by atoms with van der Waals surface area (Å²) in [6.45, 7) is 8.91. The van der Waals surface area contributed by atoms with Crippen LogP contribution in [0.4, 0.5) is 0 Å². The molecule has 0 saturated carbocycles. The maximum Gasteiger partial charge on any atom is 0.303 e. The lowest BCUT2D eigenvalue weighted by Gasteiger charge is -2.48. The summed E-state index contributed by atoms with van der Waals surface area (Å²) in [7, 11) is 0. The van der Waals surface area contributed by atoms with Crippen LogP contribution in [0.25, 0.3) is 0 Å². The fourth-order valence-corrected chi connectivity index (χ4v) is 3.20. The Kier molecular flexibility index (Phi) is 4.57. The molecule has 0 heterocycles. The summed E-state index contributed by atoms with van der Waals surface area (Å²) in [4.78, 5) is 36.1. The Morgan fingerprint density at radius 3 is 2.40 bits per heavy atom. The summed E-state index contributed by atoms with van der Waals surface area (Å²) in [6, 6.07) is 0. The van der Waals surface area contributed by atoms with Crippen LogP contribution < -0.4 is 0 Å². The number of rotatable bonds is 5. The van der Waals surface area contributed by atoms with Crippen LogP contribution >= 0.6 is 0 Å². The van der Waals surface area contributed by atoms with Gasteiger partial charge in [-0.3, -0.25) is 14.4 Å². The number of Topliss-reactive ketones (excluding diaryl/α,β-unsaturated/α-hetero) is 1.